The lowest BCUT2D eigenvalue weighted by Gasteiger charge is -2.33. The monoisotopic (exact) mass is 301 g/mol. The second-order valence-corrected chi connectivity index (χ2v) is 8.08. The average molecular weight is 301 g/mol. The molecule has 1 aromatic rings. The second-order valence-electron chi connectivity index (χ2n) is 8.08. The topological polar surface area (TPSA) is 50.1 Å². The summed E-state index contributed by atoms with van der Waals surface area (Å²) in [6, 6.07) is 9.25. The van der Waals surface area contributed by atoms with Crippen molar-refractivity contribution in [3.05, 3.63) is 29.8 Å². The van der Waals surface area contributed by atoms with E-state index in [1.165, 1.54) is 0 Å². The molecule has 0 aliphatic rings. The van der Waals surface area contributed by atoms with Gasteiger partial charge in [-0.2, -0.15) is 5.26 Å². The van der Waals surface area contributed by atoms with Crippen molar-refractivity contribution in [1.29, 1.82) is 5.26 Å². The van der Waals surface area contributed by atoms with Gasteiger partial charge in [-0.15, -0.1) is 0 Å². The van der Waals surface area contributed by atoms with E-state index in [-0.39, 0.29) is 22.7 Å². The SMILES string of the molecule is CC(C)(C)CC(C(=O)Oc1ccc(CC#N)cc1)C(C)(C)C. The van der Waals surface area contributed by atoms with Crippen LogP contribution in [0.15, 0.2) is 24.3 Å². The number of ether oxygens (including phenoxy) is 1. The predicted octanol–water partition coefficient (Wildman–Crippen LogP) is 4.76. The van der Waals surface area contributed by atoms with E-state index < -0.39 is 0 Å². The molecular formula is C19H27NO2. The van der Waals surface area contributed by atoms with Crippen molar-refractivity contribution in [1.82, 2.24) is 0 Å². The molecule has 3 heteroatoms. The third-order valence-electron chi connectivity index (χ3n) is 3.57. The Hall–Kier alpha value is -1.82. The summed E-state index contributed by atoms with van der Waals surface area (Å²) in [4.78, 5) is 12.6. The highest BCUT2D eigenvalue weighted by Crippen LogP contribution is 2.37. The van der Waals surface area contributed by atoms with Crippen LogP contribution in [0.4, 0.5) is 0 Å². The molecule has 1 aromatic carbocycles. The first-order chi connectivity index (χ1) is 10.0. The molecule has 0 aromatic heterocycles. The third kappa shape index (κ3) is 5.89. The van der Waals surface area contributed by atoms with Crippen molar-refractivity contribution in [3.63, 3.8) is 0 Å². The van der Waals surface area contributed by atoms with Gasteiger partial charge in [-0.05, 0) is 34.9 Å². The fourth-order valence-corrected chi connectivity index (χ4v) is 2.31. The Kier molecular flexibility index (Phi) is 5.77. The summed E-state index contributed by atoms with van der Waals surface area (Å²) in [6.07, 6.45) is 1.14. The number of hydrogen-bond donors (Lipinski definition) is 0. The number of hydrogen-bond acceptors (Lipinski definition) is 3. The van der Waals surface area contributed by atoms with Gasteiger partial charge in [0.05, 0.1) is 18.4 Å². The van der Waals surface area contributed by atoms with Crippen molar-refractivity contribution in [3.8, 4) is 11.8 Å². The average Bonchev–Trinajstić information content (AvgIpc) is 2.36. The van der Waals surface area contributed by atoms with Crippen molar-refractivity contribution in [2.24, 2.45) is 16.7 Å². The summed E-state index contributed by atoms with van der Waals surface area (Å²) < 4.78 is 5.56. The summed E-state index contributed by atoms with van der Waals surface area (Å²) in [5.74, 6) is 0.191. The van der Waals surface area contributed by atoms with Gasteiger partial charge >= 0.3 is 5.97 Å². The summed E-state index contributed by atoms with van der Waals surface area (Å²) in [7, 11) is 0. The van der Waals surface area contributed by atoms with Crippen LogP contribution in [0.1, 0.15) is 53.5 Å². The van der Waals surface area contributed by atoms with Crippen LogP contribution in [0.2, 0.25) is 0 Å². The van der Waals surface area contributed by atoms with Crippen LogP contribution in [0.3, 0.4) is 0 Å². The first kappa shape index (κ1) is 18.2. The number of nitriles is 1. The first-order valence-electron chi connectivity index (χ1n) is 7.70. The molecule has 3 nitrogen and oxygen atoms in total. The molecule has 120 valence electrons. The number of carbonyl (C=O) groups excluding carboxylic acids is 1. The zero-order valence-corrected chi connectivity index (χ0v) is 14.6. The Labute approximate surface area is 134 Å². The van der Waals surface area contributed by atoms with Crippen molar-refractivity contribution >= 4 is 5.97 Å². The molecule has 1 atom stereocenters. The summed E-state index contributed by atoms with van der Waals surface area (Å²) in [5, 5.41) is 8.67. The lowest BCUT2D eigenvalue weighted by atomic mass is 9.72. The quantitative estimate of drug-likeness (QED) is 0.595. The molecule has 0 saturated carbocycles. The fourth-order valence-electron chi connectivity index (χ4n) is 2.31. The summed E-state index contributed by atoms with van der Waals surface area (Å²) >= 11 is 0. The number of nitrogens with zero attached hydrogens (tertiary/aromatic N) is 1. The highest BCUT2D eigenvalue weighted by molar-refractivity contribution is 5.76. The van der Waals surface area contributed by atoms with E-state index in [1.54, 1.807) is 12.1 Å². The van der Waals surface area contributed by atoms with Gasteiger partial charge in [0.25, 0.3) is 0 Å². The number of carbonyl (C=O) groups is 1. The van der Waals surface area contributed by atoms with E-state index in [0.717, 1.165) is 12.0 Å². The highest BCUT2D eigenvalue weighted by atomic mass is 16.5. The Balaban J connectivity index is 2.85. The van der Waals surface area contributed by atoms with E-state index in [9.17, 15) is 4.79 Å². The van der Waals surface area contributed by atoms with Crippen LogP contribution in [0.25, 0.3) is 0 Å². The molecule has 0 bridgehead atoms. The van der Waals surface area contributed by atoms with Crippen molar-refractivity contribution in [2.45, 2.75) is 54.4 Å². The maximum absolute atomic E-state index is 12.6. The predicted molar refractivity (Wildman–Crippen MR) is 88.4 cm³/mol. The Morgan fingerprint density at radius 1 is 1.14 bits per heavy atom. The lowest BCUT2D eigenvalue weighted by molar-refractivity contribution is -0.144. The smallest absolute Gasteiger partial charge is 0.314 e. The largest absolute Gasteiger partial charge is 0.426 e. The third-order valence-corrected chi connectivity index (χ3v) is 3.57. The molecule has 0 fully saturated rings. The van der Waals surface area contributed by atoms with Gasteiger partial charge in [-0.3, -0.25) is 4.79 Å². The van der Waals surface area contributed by atoms with E-state index in [2.05, 4.69) is 47.6 Å². The van der Waals surface area contributed by atoms with Crippen LogP contribution in [0, 0.1) is 28.1 Å². The van der Waals surface area contributed by atoms with Crippen LogP contribution in [-0.4, -0.2) is 5.97 Å². The van der Waals surface area contributed by atoms with E-state index in [1.807, 2.05) is 12.1 Å². The number of rotatable bonds is 4. The maximum atomic E-state index is 12.6. The normalized spacial score (nSPS) is 13.3. The molecule has 22 heavy (non-hydrogen) atoms. The Morgan fingerprint density at radius 2 is 1.68 bits per heavy atom. The molecular weight excluding hydrogens is 274 g/mol. The minimum Gasteiger partial charge on any atom is -0.426 e. The molecule has 0 aliphatic heterocycles. The van der Waals surface area contributed by atoms with Crippen LogP contribution < -0.4 is 4.74 Å². The first-order valence-corrected chi connectivity index (χ1v) is 7.70. The summed E-state index contributed by atoms with van der Waals surface area (Å²) in [5.41, 5.74) is 0.836. The maximum Gasteiger partial charge on any atom is 0.314 e. The lowest BCUT2D eigenvalue weighted by Crippen LogP contribution is -2.35. The molecule has 0 radical (unpaired) electrons. The summed E-state index contributed by atoms with van der Waals surface area (Å²) in [6.45, 7) is 12.6. The van der Waals surface area contributed by atoms with Crippen molar-refractivity contribution in [2.75, 3.05) is 0 Å². The standard InChI is InChI=1S/C19H27NO2/c1-18(2,3)13-16(19(4,5)6)17(21)22-15-9-7-14(8-10-15)11-12-20/h7-10,16H,11,13H2,1-6H3. The molecule has 0 saturated heterocycles. The molecule has 0 heterocycles. The molecule has 1 unspecified atom stereocenters. The van der Waals surface area contributed by atoms with Gasteiger partial charge in [0, 0.05) is 0 Å². The van der Waals surface area contributed by atoms with Gasteiger partial charge in [0.1, 0.15) is 5.75 Å². The molecule has 0 N–H and O–H groups in total. The van der Waals surface area contributed by atoms with Gasteiger partial charge in [0.2, 0.25) is 0 Å². The zero-order valence-electron chi connectivity index (χ0n) is 14.6. The van der Waals surface area contributed by atoms with Gasteiger partial charge in [-0.25, -0.2) is 0 Å². The molecule has 0 spiro atoms. The second kappa shape index (κ2) is 6.96. The van der Waals surface area contributed by atoms with E-state index in [4.69, 9.17) is 10.00 Å². The van der Waals surface area contributed by atoms with Gasteiger partial charge < -0.3 is 4.74 Å². The van der Waals surface area contributed by atoms with Crippen LogP contribution in [0.5, 0.6) is 5.75 Å². The van der Waals surface area contributed by atoms with E-state index in [0.29, 0.717) is 12.2 Å². The van der Waals surface area contributed by atoms with Gasteiger partial charge in [-0.1, -0.05) is 53.7 Å². The minimum absolute atomic E-state index is 0.0631. The van der Waals surface area contributed by atoms with Crippen LogP contribution in [-0.2, 0) is 11.2 Å². The van der Waals surface area contributed by atoms with Crippen LogP contribution >= 0.6 is 0 Å². The number of benzene rings is 1. The molecule has 0 aliphatic carbocycles. The fraction of sp³-hybridized carbons (Fsp3) is 0.579. The highest BCUT2D eigenvalue weighted by Gasteiger charge is 2.36. The van der Waals surface area contributed by atoms with Gasteiger partial charge in [0.15, 0.2) is 0 Å². The van der Waals surface area contributed by atoms with Crippen molar-refractivity contribution < 1.29 is 9.53 Å². The zero-order chi connectivity index (χ0) is 17.0. The molecule has 1 rings (SSSR count). The van der Waals surface area contributed by atoms with E-state index >= 15 is 0 Å². The minimum atomic E-state index is -0.185. The molecule has 0 amide bonds. The Bertz CT molecular complexity index is 539. The Morgan fingerprint density at radius 3 is 2.09 bits per heavy atom. The number of esters is 1.